The predicted octanol–water partition coefficient (Wildman–Crippen LogP) is 0.0471. The average Bonchev–Trinajstić information content (AvgIpc) is 2.39. The van der Waals surface area contributed by atoms with Gasteiger partial charge in [-0.3, -0.25) is 10.1 Å². The number of aromatic hydroxyl groups is 1. The van der Waals surface area contributed by atoms with E-state index in [0.29, 0.717) is 12.8 Å². The van der Waals surface area contributed by atoms with Crippen molar-refractivity contribution < 1.29 is 14.6 Å². The zero-order valence-electron chi connectivity index (χ0n) is 11.2. The highest BCUT2D eigenvalue weighted by molar-refractivity contribution is 5.76. The maximum absolute atomic E-state index is 11.7. The Morgan fingerprint density at radius 2 is 2.00 bits per heavy atom. The van der Waals surface area contributed by atoms with Gasteiger partial charge in [-0.25, -0.2) is 0 Å². The summed E-state index contributed by atoms with van der Waals surface area (Å²) in [7, 11) is 1.31. The number of phenols is 1. The standard InChI is InChI=1S/C13H21N3O3/c1-3-13(14,15)16-11(12(18)19-2)8-9-4-6-10(17)7-5-9/h4-7,11,16-17H,3,8,14-15H2,1-2H3. The highest BCUT2D eigenvalue weighted by Gasteiger charge is 2.27. The molecular formula is C13H21N3O3. The van der Waals surface area contributed by atoms with Crippen LogP contribution >= 0.6 is 0 Å². The van der Waals surface area contributed by atoms with Gasteiger partial charge in [0.05, 0.1) is 7.11 Å². The van der Waals surface area contributed by atoms with Crippen LogP contribution in [0.25, 0.3) is 0 Å². The smallest absolute Gasteiger partial charge is 0.323 e. The lowest BCUT2D eigenvalue weighted by Gasteiger charge is -2.29. The minimum Gasteiger partial charge on any atom is -0.508 e. The second-order valence-corrected chi connectivity index (χ2v) is 4.48. The van der Waals surface area contributed by atoms with Crippen LogP contribution in [0.4, 0.5) is 0 Å². The van der Waals surface area contributed by atoms with Crippen molar-refractivity contribution >= 4 is 5.97 Å². The molecule has 0 fully saturated rings. The van der Waals surface area contributed by atoms with E-state index < -0.39 is 17.8 Å². The highest BCUT2D eigenvalue weighted by atomic mass is 16.5. The van der Waals surface area contributed by atoms with E-state index in [1.807, 2.05) is 6.92 Å². The molecule has 0 amide bonds. The molecule has 6 heteroatoms. The van der Waals surface area contributed by atoms with Gasteiger partial charge in [0, 0.05) is 0 Å². The molecule has 0 saturated heterocycles. The van der Waals surface area contributed by atoms with Crippen molar-refractivity contribution in [1.29, 1.82) is 0 Å². The highest BCUT2D eigenvalue weighted by Crippen LogP contribution is 2.12. The lowest BCUT2D eigenvalue weighted by molar-refractivity contribution is -0.143. The number of nitrogens with two attached hydrogens (primary N) is 2. The molecule has 0 aliphatic rings. The molecule has 0 spiro atoms. The molecule has 19 heavy (non-hydrogen) atoms. The average molecular weight is 267 g/mol. The van der Waals surface area contributed by atoms with Crippen molar-refractivity contribution in [3.63, 3.8) is 0 Å². The summed E-state index contributed by atoms with van der Waals surface area (Å²) >= 11 is 0. The van der Waals surface area contributed by atoms with Crippen molar-refractivity contribution in [2.24, 2.45) is 11.5 Å². The Morgan fingerprint density at radius 1 is 1.42 bits per heavy atom. The van der Waals surface area contributed by atoms with E-state index in [1.165, 1.54) is 7.11 Å². The Morgan fingerprint density at radius 3 is 2.47 bits per heavy atom. The topological polar surface area (TPSA) is 111 Å². The minimum atomic E-state index is -1.13. The summed E-state index contributed by atoms with van der Waals surface area (Å²) in [6.07, 6.45) is 0.846. The number of hydrogen-bond donors (Lipinski definition) is 4. The summed E-state index contributed by atoms with van der Waals surface area (Å²) in [5, 5.41) is 12.1. The fraction of sp³-hybridized carbons (Fsp3) is 0.462. The van der Waals surface area contributed by atoms with Crippen LogP contribution < -0.4 is 16.8 Å². The third-order valence-electron chi connectivity index (χ3n) is 2.89. The van der Waals surface area contributed by atoms with Crippen LogP contribution in [0.2, 0.25) is 0 Å². The molecule has 106 valence electrons. The van der Waals surface area contributed by atoms with E-state index in [2.05, 4.69) is 5.32 Å². The van der Waals surface area contributed by atoms with Crippen molar-refractivity contribution in [2.75, 3.05) is 7.11 Å². The van der Waals surface area contributed by atoms with E-state index in [4.69, 9.17) is 16.2 Å². The molecule has 0 aromatic heterocycles. The van der Waals surface area contributed by atoms with E-state index in [1.54, 1.807) is 24.3 Å². The lowest BCUT2D eigenvalue weighted by atomic mass is 10.0. The molecule has 0 bridgehead atoms. The summed E-state index contributed by atoms with van der Waals surface area (Å²) in [5.74, 6) is -1.39. The first kappa shape index (κ1) is 15.4. The zero-order chi connectivity index (χ0) is 14.5. The van der Waals surface area contributed by atoms with Crippen LogP contribution in [0.3, 0.4) is 0 Å². The van der Waals surface area contributed by atoms with Crippen LogP contribution in [0, 0.1) is 0 Å². The van der Waals surface area contributed by atoms with Gasteiger partial charge in [-0.1, -0.05) is 19.1 Å². The Hall–Kier alpha value is -1.63. The number of benzene rings is 1. The van der Waals surface area contributed by atoms with Crippen molar-refractivity contribution in [3.05, 3.63) is 29.8 Å². The summed E-state index contributed by atoms with van der Waals surface area (Å²) < 4.78 is 4.74. The number of ether oxygens (including phenoxy) is 1. The monoisotopic (exact) mass is 267 g/mol. The summed E-state index contributed by atoms with van der Waals surface area (Å²) in [5.41, 5.74) is 12.5. The molecule has 1 unspecified atom stereocenters. The number of carbonyl (C=O) groups is 1. The van der Waals surface area contributed by atoms with Gasteiger partial charge in [-0.05, 0) is 30.5 Å². The van der Waals surface area contributed by atoms with Crippen LogP contribution in [0.15, 0.2) is 24.3 Å². The Kier molecular flexibility index (Phi) is 5.29. The van der Waals surface area contributed by atoms with Crippen molar-refractivity contribution in [2.45, 2.75) is 31.6 Å². The number of rotatable bonds is 6. The number of phenolic OH excluding ortho intramolecular Hbond substituents is 1. The quantitative estimate of drug-likeness (QED) is 0.428. The first-order chi connectivity index (χ1) is 8.88. The van der Waals surface area contributed by atoms with Crippen LogP contribution in [0.5, 0.6) is 5.75 Å². The minimum absolute atomic E-state index is 0.173. The van der Waals surface area contributed by atoms with Gasteiger partial charge in [0.2, 0.25) is 0 Å². The summed E-state index contributed by atoms with van der Waals surface area (Å²) in [6, 6.07) is 5.94. The molecule has 1 atom stereocenters. The lowest BCUT2D eigenvalue weighted by Crippen LogP contribution is -2.65. The summed E-state index contributed by atoms with van der Waals surface area (Å²) in [6.45, 7) is 1.82. The SMILES string of the molecule is CCC(N)(N)NC(Cc1ccc(O)cc1)C(=O)OC. The predicted molar refractivity (Wildman–Crippen MR) is 72.1 cm³/mol. The van der Waals surface area contributed by atoms with Gasteiger partial charge in [0.25, 0.3) is 0 Å². The van der Waals surface area contributed by atoms with Crippen molar-refractivity contribution in [3.8, 4) is 5.75 Å². The molecule has 1 aromatic carbocycles. The molecule has 0 radical (unpaired) electrons. The molecule has 6 nitrogen and oxygen atoms in total. The molecule has 6 N–H and O–H groups in total. The molecule has 0 saturated carbocycles. The number of methoxy groups -OCH3 is 1. The fourth-order valence-electron chi connectivity index (χ4n) is 1.63. The van der Waals surface area contributed by atoms with Crippen LogP contribution in [-0.4, -0.2) is 30.0 Å². The third kappa shape index (κ3) is 4.86. The Labute approximate surface area is 112 Å². The van der Waals surface area contributed by atoms with Gasteiger partial charge < -0.3 is 21.3 Å². The van der Waals surface area contributed by atoms with E-state index in [9.17, 15) is 9.90 Å². The van der Waals surface area contributed by atoms with E-state index >= 15 is 0 Å². The van der Waals surface area contributed by atoms with Gasteiger partial charge in [0.1, 0.15) is 17.6 Å². The number of nitrogens with one attached hydrogen (secondary N) is 1. The second-order valence-electron chi connectivity index (χ2n) is 4.48. The molecule has 0 aliphatic carbocycles. The number of hydrogen-bond acceptors (Lipinski definition) is 6. The Balaban J connectivity index is 2.80. The largest absolute Gasteiger partial charge is 0.508 e. The number of esters is 1. The van der Waals surface area contributed by atoms with E-state index in [0.717, 1.165) is 5.56 Å². The summed E-state index contributed by atoms with van der Waals surface area (Å²) in [4.78, 5) is 11.7. The Bertz CT molecular complexity index is 418. The molecule has 1 aromatic rings. The number of carbonyl (C=O) groups excluding carboxylic acids is 1. The second kappa shape index (κ2) is 6.51. The zero-order valence-corrected chi connectivity index (χ0v) is 11.2. The maximum Gasteiger partial charge on any atom is 0.323 e. The molecule has 0 heterocycles. The van der Waals surface area contributed by atoms with Crippen LogP contribution in [0.1, 0.15) is 18.9 Å². The van der Waals surface area contributed by atoms with Crippen LogP contribution in [-0.2, 0) is 16.0 Å². The maximum atomic E-state index is 11.7. The third-order valence-corrected chi connectivity index (χ3v) is 2.89. The molecule has 1 rings (SSSR count). The first-order valence-electron chi connectivity index (χ1n) is 6.09. The van der Waals surface area contributed by atoms with Crippen molar-refractivity contribution in [1.82, 2.24) is 5.32 Å². The van der Waals surface area contributed by atoms with Gasteiger partial charge in [-0.15, -0.1) is 0 Å². The fourth-order valence-corrected chi connectivity index (χ4v) is 1.63. The normalized spacial score (nSPS) is 13.1. The van der Waals surface area contributed by atoms with Gasteiger partial charge >= 0.3 is 5.97 Å². The van der Waals surface area contributed by atoms with Gasteiger partial charge in [0.15, 0.2) is 0 Å². The first-order valence-corrected chi connectivity index (χ1v) is 6.09. The van der Waals surface area contributed by atoms with Gasteiger partial charge in [-0.2, -0.15) is 0 Å². The molecule has 0 aliphatic heterocycles. The van der Waals surface area contributed by atoms with E-state index in [-0.39, 0.29) is 5.75 Å². The molecular weight excluding hydrogens is 246 g/mol.